The number of fused-ring (bicyclic) bond motifs is 2. The summed E-state index contributed by atoms with van der Waals surface area (Å²) < 4.78 is 19.3. The van der Waals surface area contributed by atoms with Crippen LogP contribution in [0.5, 0.6) is 0 Å². The van der Waals surface area contributed by atoms with Gasteiger partial charge in [0.1, 0.15) is 11.4 Å². The third-order valence-electron chi connectivity index (χ3n) is 8.36. The normalized spacial score (nSPS) is 29.5. The number of hydrogen-bond acceptors (Lipinski definition) is 5. The first-order valence-electron chi connectivity index (χ1n) is 12.7. The zero-order chi connectivity index (χ0) is 24.8. The van der Waals surface area contributed by atoms with Gasteiger partial charge < -0.3 is 14.2 Å². The molecular formula is C31H30O5. The minimum absolute atomic E-state index is 0.123. The molecule has 2 bridgehead atoms. The van der Waals surface area contributed by atoms with Gasteiger partial charge in [-0.25, -0.2) is 0 Å². The van der Waals surface area contributed by atoms with Gasteiger partial charge in [0.15, 0.2) is 0 Å². The van der Waals surface area contributed by atoms with Gasteiger partial charge in [0.25, 0.3) is 0 Å². The van der Waals surface area contributed by atoms with Crippen molar-refractivity contribution in [2.24, 2.45) is 11.3 Å². The van der Waals surface area contributed by atoms with Gasteiger partial charge in [-0.2, -0.15) is 0 Å². The van der Waals surface area contributed by atoms with E-state index < -0.39 is 28.8 Å². The smallest absolute Gasteiger partial charge is 0.314 e. The standard InChI is InChI=1S/C31H30O5/c1-29-20-25-26(35-30(29,36-28(25)33)19-11-18-27(29)32)21-34-31(22-12-5-2-6-13-22,23-14-7-3-8-15-23)24-16-9-4-10-17-24/h2-10,12-17,25-26H,11,18-21H2,1H3. The number of ketones is 1. The Bertz CT molecular complexity index is 1160. The Hall–Kier alpha value is -3.28. The Morgan fingerprint density at radius 1 is 0.861 bits per heavy atom. The van der Waals surface area contributed by atoms with Gasteiger partial charge in [-0.05, 0) is 36.5 Å². The second-order valence-electron chi connectivity index (χ2n) is 10.3. The van der Waals surface area contributed by atoms with Crippen molar-refractivity contribution in [2.45, 2.75) is 50.1 Å². The molecular weight excluding hydrogens is 452 g/mol. The molecule has 1 spiro atoms. The molecule has 5 heteroatoms. The molecule has 1 aliphatic carbocycles. The quantitative estimate of drug-likeness (QED) is 0.347. The SMILES string of the molecule is CC12CC3C(=O)OC1(CCCC2=O)OC3COC(c1ccccc1)(c1ccccc1)c1ccccc1. The molecule has 184 valence electrons. The third kappa shape index (κ3) is 3.37. The summed E-state index contributed by atoms with van der Waals surface area (Å²) in [6, 6.07) is 30.4. The summed E-state index contributed by atoms with van der Waals surface area (Å²) in [7, 11) is 0. The van der Waals surface area contributed by atoms with E-state index in [-0.39, 0.29) is 18.4 Å². The number of benzene rings is 3. The largest absolute Gasteiger partial charge is 0.432 e. The van der Waals surface area contributed by atoms with Crippen molar-refractivity contribution in [1.29, 1.82) is 0 Å². The van der Waals surface area contributed by atoms with Gasteiger partial charge in [-0.15, -0.1) is 0 Å². The lowest BCUT2D eigenvalue weighted by molar-refractivity contribution is -0.366. The number of rotatable bonds is 6. The number of carbonyl (C=O) groups excluding carboxylic acids is 2. The van der Waals surface area contributed by atoms with E-state index in [0.717, 1.165) is 16.7 Å². The predicted octanol–water partition coefficient (Wildman–Crippen LogP) is 5.41. The van der Waals surface area contributed by atoms with E-state index in [2.05, 4.69) is 36.4 Å². The number of carbonyl (C=O) groups is 2. The van der Waals surface area contributed by atoms with E-state index in [1.165, 1.54) is 0 Å². The monoisotopic (exact) mass is 482 g/mol. The fourth-order valence-corrected chi connectivity index (χ4v) is 6.39. The van der Waals surface area contributed by atoms with Crippen LogP contribution in [0.4, 0.5) is 0 Å². The van der Waals surface area contributed by atoms with Crippen molar-refractivity contribution in [3.8, 4) is 0 Å². The molecule has 5 nitrogen and oxygen atoms in total. The van der Waals surface area contributed by atoms with Gasteiger partial charge in [-0.3, -0.25) is 9.59 Å². The van der Waals surface area contributed by atoms with Crippen LogP contribution in [-0.4, -0.2) is 30.3 Å². The lowest BCUT2D eigenvalue weighted by atomic mass is 9.61. The average molecular weight is 483 g/mol. The van der Waals surface area contributed by atoms with Crippen molar-refractivity contribution in [3.63, 3.8) is 0 Å². The highest BCUT2D eigenvalue weighted by Gasteiger charge is 2.69. The second-order valence-corrected chi connectivity index (χ2v) is 10.3. The fraction of sp³-hybridized carbons (Fsp3) is 0.355. The molecule has 7 rings (SSSR count). The molecule has 3 heterocycles. The number of ether oxygens (including phenoxy) is 3. The van der Waals surface area contributed by atoms with Gasteiger partial charge in [-0.1, -0.05) is 91.0 Å². The molecule has 4 atom stereocenters. The molecule has 3 aromatic rings. The van der Waals surface area contributed by atoms with Crippen LogP contribution >= 0.6 is 0 Å². The maximum Gasteiger partial charge on any atom is 0.314 e. The Morgan fingerprint density at radius 3 is 1.92 bits per heavy atom. The molecule has 3 saturated heterocycles. The molecule has 0 N–H and O–H groups in total. The molecule has 36 heavy (non-hydrogen) atoms. The Kier molecular flexibility index (Phi) is 5.58. The van der Waals surface area contributed by atoms with E-state index in [1.54, 1.807) is 0 Å². The summed E-state index contributed by atoms with van der Waals surface area (Å²) in [6.45, 7) is 2.08. The molecule has 0 aromatic heterocycles. The van der Waals surface area contributed by atoms with Crippen LogP contribution in [0.1, 0.15) is 49.3 Å². The lowest BCUT2D eigenvalue weighted by Crippen LogP contribution is -2.70. The van der Waals surface area contributed by atoms with Gasteiger partial charge >= 0.3 is 5.97 Å². The highest BCUT2D eigenvalue weighted by atomic mass is 16.7. The lowest BCUT2D eigenvalue weighted by Gasteiger charge is -2.59. The molecule has 3 aromatic carbocycles. The summed E-state index contributed by atoms with van der Waals surface area (Å²) in [5.41, 5.74) is 1.26. The molecule has 4 unspecified atom stereocenters. The molecule has 0 amide bonds. The number of hydrogen-bond donors (Lipinski definition) is 0. The zero-order valence-electron chi connectivity index (χ0n) is 20.4. The first-order valence-corrected chi connectivity index (χ1v) is 12.7. The molecule has 3 aliphatic heterocycles. The maximum absolute atomic E-state index is 13.0. The van der Waals surface area contributed by atoms with Gasteiger partial charge in [0.2, 0.25) is 5.79 Å². The van der Waals surface area contributed by atoms with E-state index in [1.807, 2.05) is 61.5 Å². The molecule has 4 aliphatic rings. The second kappa shape index (κ2) is 8.68. The average Bonchev–Trinajstić information content (AvgIpc) is 2.91. The summed E-state index contributed by atoms with van der Waals surface area (Å²) in [4.78, 5) is 25.9. The van der Waals surface area contributed by atoms with Crippen LogP contribution in [0.25, 0.3) is 0 Å². The highest BCUT2D eigenvalue weighted by molar-refractivity contribution is 5.89. The predicted molar refractivity (Wildman–Crippen MR) is 134 cm³/mol. The first kappa shape index (κ1) is 23.1. The third-order valence-corrected chi connectivity index (χ3v) is 8.36. The van der Waals surface area contributed by atoms with Crippen LogP contribution in [0, 0.1) is 11.3 Å². The van der Waals surface area contributed by atoms with Crippen LogP contribution in [0.15, 0.2) is 91.0 Å². The number of Topliss-reactive ketones (excluding diaryl/α,β-unsaturated/α-hetero) is 1. The van der Waals surface area contributed by atoms with Gasteiger partial charge in [0.05, 0.1) is 24.0 Å². The maximum atomic E-state index is 13.0. The summed E-state index contributed by atoms with van der Waals surface area (Å²) in [6.07, 6.45) is 1.63. The van der Waals surface area contributed by atoms with Crippen LogP contribution in [0.3, 0.4) is 0 Å². The van der Waals surface area contributed by atoms with Gasteiger partial charge in [0, 0.05) is 12.8 Å². The first-order chi connectivity index (χ1) is 17.5. The van der Waals surface area contributed by atoms with E-state index in [9.17, 15) is 9.59 Å². The molecule has 0 radical (unpaired) electrons. The van der Waals surface area contributed by atoms with Crippen LogP contribution < -0.4 is 0 Å². The van der Waals surface area contributed by atoms with Crippen molar-refractivity contribution < 1.29 is 23.8 Å². The van der Waals surface area contributed by atoms with E-state index in [4.69, 9.17) is 14.2 Å². The zero-order valence-corrected chi connectivity index (χ0v) is 20.4. The van der Waals surface area contributed by atoms with Crippen LogP contribution in [0.2, 0.25) is 0 Å². The highest BCUT2D eigenvalue weighted by Crippen LogP contribution is 2.58. The van der Waals surface area contributed by atoms with Crippen molar-refractivity contribution in [3.05, 3.63) is 108 Å². The number of esters is 1. The van der Waals surface area contributed by atoms with E-state index in [0.29, 0.717) is 25.7 Å². The fourth-order valence-electron chi connectivity index (χ4n) is 6.39. The van der Waals surface area contributed by atoms with E-state index >= 15 is 0 Å². The Morgan fingerprint density at radius 2 is 1.39 bits per heavy atom. The molecule has 4 fully saturated rings. The Labute approximate surface area is 211 Å². The van der Waals surface area contributed by atoms with Crippen molar-refractivity contribution in [1.82, 2.24) is 0 Å². The summed E-state index contributed by atoms with van der Waals surface area (Å²) >= 11 is 0. The minimum Gasteiger partial charge on any atom is -0.432 e. The van der Waals surface area contributed by atoms with Crippen LogP contribution in [-0.2, 0) is 29.4 Å². The molecule has 1 saturated carbocycles. The van der Waals surface area contributed by atoms with Crippen molar-refractivity contribution in [2.75, 3.05) is 6.61 Å². The van der Waals surface area contributed by atoms with Crippen molar-refractivity contribution >= 4 is 11.8 Å². The summed E-state index contributed by atoms with van der Waals surface area (Å²) in [5, 5.41) is 0. The topological polar surface area (TPSA) is 61.8 Å². The summed E-state index contributed by atoms with van der Waals surface area (Å²) in [5.74, 6) is -1.90. The minimum atomic E-state index is -1.20. The Balaban J connectivity index is 1.41.